The molecule has 0 saturated carbocycles. The molecule has 122 valence electrons. The topological polar surface area (TPSA) is 44.8 Å². The lowest BCUT2D eigenvalue weighted by Crippen LogP contribution is -2.30. The number of carbonyl (C=O) groups is 1. The first kappa shape index (κ1) is 20.3. The van der Waals surface area contributed by atoms with Crippen LogP contribution in [0.25, 0.3) is 0 Å². The van der Waals surface area contributed by atoms with Crippen LogP contribution in [0, 0.1) is 0 Å². The highest BCUT2D eigenvalue weighted by Crippen LogP contribution is 2.08. The molecule has 0 aromatic carbocycles. The summed E-state index contributed by atoms with van der Waals surface area (Å²) in [5, 5.41) is 0. The molecule has 0 rings (SSSR count). The summed E-state index contributed by atoms with van der Waals surface area (Å²) in [6.07, 6.45) is 3.41. The number of carbonyl (C=O) groups excluding carboxylic acids is 1. The molecule has 21 heavy (non-hydrogen) atoms. The Kier molecular flexibility index (Phi) is 11.6. The maximum Gasteiger partial charge on any atom is 0.333 e. The van der Waals surface area contributed by atoms with E-state index in [2.05, 4.69) is 6.58 Å². The molecule has 0 unspecified atom stereocenters. The second-order valence-corrected chi connectivity index (χ2v) is 7.01. The van der Waals surface area contributed by atoms with E-state index >= 15 is 0 Å². The molecule has 0 heterocycles. The van der Waals surface area contributed by atoms with Gasteiger partial charge in [0.15, 0.2) is 0 Å². The number of unbranched alkanes of at least 4 members (excludes halogenated alkanes) is 2. The number of rotatable bonds is 12. The second kappa shape index (κ2) is 11.9. The van der Waals surface area contributed by atoms with Crippen LogP contribution in [0.3, 0.4) is 0 Å². The highest BCUT2D eigenvalue weighted by Gasteiger charge is 2.13. The largest absolute Gasteiger partial charge is 0.462 e. The fourth-order valence-corrected chi connectivity index (χ4v) is 2.96. The Balaban J connectivity index is 3.66. The van der Waals surface area contributed by atoms with Gasteiger partial charge in [-0.15, -0.1) is 0 Å². The molecular weight excluding hydrogens is 284 g/mol. The van der Waals surface area contributed by atoms with Crippen LogP contribution in [0.15, 0.2) is 12.2 Å². The van der Waals surface area contributed by atoms with Crippen molar-refractivity contribution in [1.82, 2.24) is 0 Å². The van der Waals surface area contributed by atoms with Crippen molar-refractivity contribution in [1.29, 1.82) is 0 Å². The van der Waals surface area contributed by atoms with E-state index < -0.39 is 0 Å². The van der Waals surface area contributed by atoms with E-state index in [1.807, 2.05) is 27.7 Å². The first-order valence-corrected chi connectivity index (χ1v) is 8.98. The normalized spacial score (nSPS) is 11.4. The Morgan fingerprint density at radius 2 is 1.62 bits per heavy atom. The number of esters is 1. The summed E-state index contributed by atoms with van der Waals surface area (Å²) >= 11 is 0. The van der Waals surface area contributed by atoms with Crippen LogP contribution in [-0.4, -0.2) is 40.2 Å². The molecule has 0 amide bonds. The van der Waals surface area contributed by atoms with Crippen molar-refractivity contribution < 1.29 is 19.0 Å². The lowest BCUT2D eigenvalue weighted by atomic mass is 10.3. The van der Waals surface area contributed by atoms with Gasteiger partial charge in [0, 0.05) is 5.57 Å². The zero-order chi connectivity index (χ0) is 16.3. The monoisotopic (exact) mass is 314 g/mol. The molecular formula is C16H30O4Si. The lowest BCUT2D eigenvalue weighted by molar-refractivity contribution is -0.139. The van der Waals surface area contributed by atoms with Crippen molar-refractivity contribution in [3.05, 3.63) is 12.2 Å². The number of hydrogen-bond donors (Lipinski definition) is 0. The van der Waals surface area contributed by atoms with Crippen molar-refractivity contribution in [2.75, 3.05) is 6.61 Å². The van der Waals surface area contributed by atoms with E-state index in [0.717, 1.165) is 25.3 Å². The van der Waals surface area contributed by atoms with Crippen LogP contribution in [0.4, 0.5) is 0 Å². The highest BCUT2D eigenvalue weighted by molar-refractivity contribution is 6.36. The maximum absolute atomic E-state index is 11.2. The Bertz CT molecular complexity index is 293. The number of ether oxygens (including phenoxy) is 3. The molecule has 0 aliphatic rings. The van der Waals surface area contributed by atoms with Crippen molar-refractivity contribution in [3.8, 4) is 0 Å². The van der Waals surface area contributed by atoms with E-state index in [9.17, 15) is 4.79 Å². The summed E-state index contributed by atoms with van der Waals surface area (Å²) in [6.45, 7) is 13.8. The van der Waals surface area contributed by atoms with E-state index in [-0.39, 0.29) is 24.1 Å². The second-order valence-electron chi connectivity index (χ2n) is 5.63. The summed E-state index contributed by atoms with van der Waals surface area (Å²) < 4.78 is 16.6. The van der Waals surface area contributed by atoms with Crippen LogP contribution >= 0.6 is 0 Å². The minimum atomic E-state index is -0.299. The molecule has 0 fully saturated rings. The predicted molar refractivity (Wildman–Crippen MR) is 86.4 cm³/mol. The molecule has 0 aliphatic heterocycles. The minimum Gasteiger partial charge on any atom is -0.462 e. The molecule has 5 heteroatoms. The molecule has 0 atom stereocenters. The molecule has 4 nitrogen and oxygen atoms in total. The van der Waals surface area contributed by atoms with Crippen LogP contribution < -0.4 is 0 Å². The average Bonchev–Trinajstić information content (AvgIpc) is 2.35. The van der Waals surface area contributed by atoms with E-state index in [1.54, 1.807) is 6.92 Å². The van der Waals surface area contributed by atoms with Gasteiger partial charge in [0.25, 0.3) is 0 Å². The van der Waals surface area contributed by atoms with E-state index in [4.69, 9.17) is 14.2 Å². The third-order valence-electron chi connectivity index (χ3n) is 2.51. The van der Waals surface area contributed by atoms with Gasteiger partial charge in [-0.2, -0.15) is 0 Å². The van der Waals surface area contributed by atoms with Gasteiger partial charge in [-0.05, 0) is 41.0 Å². The predicted octanol–water partition coefficient (Wildman–Crippen LogP) is 3.53. The van der Waals surface area contributed by atoms with Crippen LogP contribution in [0.1, 0.15) is 53.9 Å². The van der Waals surface area contributed by atoms with Crippen LogP contribution in [0.2, 0.25) is 6.04 Å². The zero-order valence-corrected chi connectivity index (χ0v) is 15.1. The Labute approximate surface area is 132 Å². The summed E-state index contributed by atoms with van der Waals surface area (Å²) in [5.41, 5.74) is 0.455. The summed E-state index contributed by atoms with van der Waals surface area (Å²) in [5.74, 6) is -0.390. The number of hydrogen-bond acceptors (Lipinski definition) is 4. The average molecular weight is 314 g/mol. The van der Waals surface area contributed by atoms with Crippen molar-refractivity contribution in [2.45, 2.75) is 78.0 Å². The quantitative estimate of drug-likeness (QED) is 0.182. The van der Waals surface area contributed by atoms with E-state index in [1.165, 1.54) is 0 Å². The lowest BCUT2D eigenvalue weighted by Gasteiger charge is -2.22. The smallest absolute Gasteiger partial charge is 0.333 e. The zero-order valence-electron chi connectivity index (χ0n) is 14.1. The standard InChI is InChI=1S/C16H30O4Si/c1-12(2)15(17)18-10-8-7-9-11-21-16(19-13(3)4)20-14(5)6/h13-14,16H,1,7-11H2,2-6H3. The van der Waals surface area contributed by atoms with Crippen molar-refractivity contribution >= 4 is 15.5 Å². The third kappa shape index (κ3) is 12.8. The molecule has 0 aromatic rings. The van der Waals surface area contributed by atoms with Gasteiger partial charge in [0.2, 0.25) is 0 Å². The minimum absolute atomic E-state index is 0.0914. The summed E-state index contributed by atoms with van der Waals surface area (Å²) in [6, 6.07) is 1.08. The third-order valence-corrected chi connectivity index (χ3v) is 3.75. The van der Waals surface area contributed by atoms with Gasteiger partial charge in [0.1, 0.15) is 15.4 Å². The van der Waals surface area contributed by atoms with Crippen molar-refractivity contribution in [2.24, 2.45) is 0 Å². The van der Waals surface area contributed by atoms with Crippen molar-refractivity contribution in [3.63, 3.8) is 0 Å². The molecule has 0 N–H and O–H groups in total. The first-order chi connectivity index (χ1) is 9.82. The van der Waals surface area contributed by atoms with Gasteiger partial charge in [0.05, 0.1) is 18.8 Å². The highest BCUT2D eigenvalue weighted by atomic mass is 28.2. The molecule has 0 spiro atoms. The SMILES string of the molecule is C=C(C)C(=O)OCCCCC[Si]C(OC(C)C)OC(C)C. The molecule has 2 radical (unpaired) electrons. The van der Waals surface area contributed by atoms with Gasteiger partial charge in [-0.25, -0.2) is 4.79 Å². The fourth-order valence-electron chi connectivity index (χ4n) is 1.53. The summed E-state index contributed by atoms with van der Waals surface area (Å²) in [7, 11) is 0.646. The van der Waals surface area contributed by atoms with Gasteiger partial charge in [-0.1, -0.05) is 25.5 Å². The maximum atomic E-state index is 11.2. The Hall–Kier alpha value is -0.653. The Morgan fingerprint density at radius 1 is 1.05 bits per heavy atom. The molecule has 0 bridgehead atoms. The van der Waals surface area contributed by atoms with Crippen LogP contribution in [-0.2, 0) is 19.0 Å². The van der Waals surface area contributed by atoms with Gasteiger partial charge < -0.3 is 14.2 Å². The van der Waals surface area contributed by atoms with Gasteiger partial charge in [-0.3, -0.25) is 0 Å². The Morgan fingerprint density at radius 3 is 2.10 bits per heavy atom. The fraction of sp³-hybridized carbons (Fsp3) is 0.812. The summed E-state index contributed by atoms with van der Waals surface area (Å²) in [4.78, 5) is 11.2. The molecule has 0 aliphatic carbocycles. The van der Waals surface area contributed by atoms with Crippen LogP contribution in [0.5, 0.6) is 0 Å². The van der Waals surface area contributed by atoms with Gasteiger partial charge >= 0.3 is 5.97 Å². The molecule has 0 saturated heterocycles. The first-order valence-electron chi connectivity index (χ1n) is 7.69. The van der Waals surface area contributed by atoms with E-state index in [0.29, 0.717) is 21.7 Å². The molecule has 0 aromatic heterocycles.